The van der Waals surface area contributed by atoms with Crippen molar-refractivity contribution in [1.29, 1.82) is 0 Å². The van der Waals surface area contributed by atoms with E-state index in [0.29, 0.717) is 23.5 Å². The first-order chi connectivity index (χ1) is 17.5. The summed E-state index contributed by atoms with van der Waals surface area (Å²) in [6.07, 6.45) is 0.863. The van der Waals surface area contributed by atoms with Crippen LogP contribution in [0.15, 0.2) is 12.1 Å². The highest BCUT2D eigenvalue weighted by atomic mass is 16.3. The maximum absolute atomic E-state index is 14.2. The predicted octanol–water partition coefficient (Wildman–Crippen LogP) is 3.49. The topological polar surface area (TPSA) is 126 Å². The molecule has 3 aliphatic carbocycles. The number of benzene rings is 1. The van der Waals surface area contributed by atoms with E-state index in [2.05, 4.69) is 11.8 Å². The van der Waals surface area contributed by atoms with E-state index in [1.807, 2.05) is 13.8 Å². The Hall–Kier alpha value is -3.11. The number of fused-ring (bicyclic) bond motifs is 3. The van der Waals surface area contributed by atoms with Gasteiger partial charge in [-0.25, -0.2) is 0 Å². The zero-order valence-corrected chi connectivity index (χ0v) is 23.1. The van der Waals surface area contributed by atoms with Crippen LogP contribution in [0.5, 0.6) is 5.75 Å². The summed E-state index contributed by atoms with van der Waals surface area (Å²) in [6, 6.07) is 3.03. The number of Topliss-reactive ketones (excluding diaryl/α,β-unsaturated/α-hetero) is 5. The molecule has 0 radical (unpaired) electrons. The number of carbonyl (C=O) groups excluding carboxylic acids is 5. The van der Waals surface area contributed by atoms with Gasteiger partial charge in [-0.3, -0.25) is 24.0 Å². The molecule has 7 nitrogen and oxygen atoms in total. The predicted molar refractivity (Wildman–Crippen MR) is 139 cm³/mol. The Balaban J connectivity index is 1.95. The number of ketones is 5. The van der Waals surface area contributed by atoms with Gasteiger partial charge in [0, 0.05) is 23.3 Å². The largest absolute Gasteiger partial charge is 0.507 e. The molecule has 0 bridgehead atoms. The van der Waals surface area contributed by atoms with Gasteiger partial charge in [0.05, 0.1) is 11.5 Å². The Morgan fingerprint density at radius 1 is 1.08 bits per heavy atom. The fourth-order valence-electron chi connectivity index (χ4n) is 7.60. The van der Waals surface area contributed by atoms with Gasteiger partial charge in [0.25, 0.3) is 0 Å². The molecule has 6 atom stereocenters. The Morgan fingerprint density at radius 2 is 1.71 bits per heavy atom. The number of hydrogen-bond donors (Lipinski definition) is 2. The molecule has 202 valence electrons. The van der Waals surface area contributed by atoms with Crippen LogP contribution in [0.25, 0.3) is 0 Å². The van der Waals surface area contributed by atoms with E-state index in [1.54, 1.807) is 33.8 Å². The second kappa shape index (κ2) is 8.98. The smallest absolute Gasteiger partial charge is 0.190 e. The summed E-state index contributed by atoms with van der Waals surface area (Å²) in [5.74, 6) is -2.34. The third-order valence-electron chi connectivity index (χ3n) is 9.00. The minimum atomic E-state index is -2.69. The van der Waals surface area contributed by atoms with Crippen molar-refractivity contribution in [3.05, 3.63) is 28.8 Å². The van der Waals surface area contributed by atoms with Gasteiger partial charge < -0.3 is 10.2 Å². The van der Waals surface area contributed by atoms with Crippen LogP contribution >= 0.6 is 0 Å². The van der Waals surface area contributed by atoms with Crippen molar-refractivity contribution in [3.63, 3.8) is 0 Å². The molecule has 2 saturated carbocycles. The first-order valence-corrected chi connectivity index (χ1v) is 13.3. The molecule has 4 rings (SSSR count). The van der Waals surface area contributed by atoms with Crippen LogP contribution in [0, 0.1) is 52.3 Å². The van der Waals surface area contributed by atoms with Crippen molar-refractivity contribution in [2.45, 2.75) is 73.3 Å². The summed E-state index contributed by atoms with van der Waals surface area (Å²) in [7, 11) is 0. The Morgan fingerprint density at radius 3 is 2.26 bits per heavy atom. The van der Waals surface area contributed by atoms with Crippen molar-refractivity contribution in [3.8, 4) is 17.6 Å². The van der Waals surface area contributed by atoms with Crippen LogP contribution in [-0.2, 0) is 25.6 Å². The lowest BCUT2D eigenvalue weighted by Crippen LogP contribution is -2.76. The van der Waals surface area contributed by atoms with Crippen molar-refractivity contribution in [1.82, 2.24) is 0 Å². The van der Waals surface area contributed by atoms with Gasteiger partial charge in [-0.05, 0) is 54.7 Å². The summed E-state index contributed by atoms with van der Waals surface area (Å²) in [5.41, 5.74) is -4.18. The maximum Gasteiger partial charge on any atom is 0.190 e. The second-order valence-corrected chi connectivity index (χ2v) is 12.7. The summed E-state index contributed by atoms with van der Waals surface area (Å²) in [4.78, 5) is 67.8. The third-order valence-corrected chi connectivity index (χ3v) is 9.00. The van der Waals surface area contributed by atoms with Gasteiger partial charge >= 0.3 is 0 Å². The highest BCUT2D eigenvalue weighted by molar-refractivity contribution is 6.32. The van der Waals surface area contributed by atoms with Crippen molar-refractivity contribution < 1.29 is 34.2 Å². The van der Waals surface area contributed by atoms with Gasteiger partial charge in [0.2, 0.25) is 0 Å². The highest BCUT2D eigenvalue weighted by Crippen LogP contribution is 2.63. The fraction of sp³-hybridized carbons (Fsp3) is 0.581. The fourth-order valence-corrected chi connectivity index (χ4v) is 7.60. The molecule has 0 heterocycles. The summed E-state index contributed by atoms with van der Waals surface area (Å²) >= 11 is 0. The lowest BCUT2D eigenvalue weighted by Gasteiger charge is -2.61. The summed E-state index contributed by atoms with van der Waals surface area (Å²) < 4.78 is 0. The van der Waals surface area contributed by atoms with Crippen molar-refractivity contribution in [2.24, 2.45) is 40.4 Å². The van der Waals surface area contributed by atoms with E-state index in [-0.39, 0.29) is 30.1 Å². The maximum atomic E-state index is 14.2. The molecule has 1 aromatic carbocycles. The number of carbonyl (C=O) groups is 5. The van der Waals surface area contributed by atoms with E-state index in [4.69, 9.17) is 0 Å². The van der Waals surface area contributed by atoms with E-state index in [1.165, 1.54) is 6.07 Å². The van der Waals surface area contributed by atoms with Gasteiger partial charge in [-0.15, -0.1) is 0 Å². The van der Waals surface area contributed by atoms with Gasteiger partial charge in [0.15, 0.2) is 28.7 Å². The molecule has 2 N–H and O–H groups in total. The number of aromatic hydroxyl groups is 1. The highest BCUT2D eigenvalue weighted by Gasteiger charge is 2.76. The summed E-state index contributed by atoms with van der Waals surface area (Å²) in [5, 5.41) is 22.7. The van der Waals surface area contributed by atoms with Crippen LogP contribution in [0.1, 0.15) is 82.8 Å². The lowest BCUT2D eigenvalue weighted by molar-refractivity contribution is -0.205. The average Bonchev–Trinajstić information content (AvgIpc) is 2.77. The van der Waals surface area contributed by atoms with E-state index < -0.39 is 63.1 Å². The Labute approximate surface area is 223 Å². The molecule has 3 aliphatic rings. The minimum absolute atomic E-state index is 0.0211. The van der Waals surface area contributed by atoms with Gasteiger partial charge in [-0.1, -0.05) is 53.4 Å². The molecule has 1 aromatic rings. The molecule has 0 saturated heterocycles. The number of hydrogen-bond acceptors (Lipinski definition) is 7. The molecule has 0 aliphatic heterocycles. The Kier molecular flexibility index (Phi) is 6.60. The van der Waals surface area contributed by atoms with Crippen LogP contribution in [0.4, 0.5) is 0 Å². The van der Waals surface area contributed by atoms with Crippen molar-refractivity contribution >= 4 is 28.9 Å². The third kappa shape index (κ3) is 3.64. The van der Waals surface area contributed by atoms with Crippen LogP contribution < -0.4 is 0 Å². The molecule has 0 amide bonds. The average molecular weight is 521 g/mol. The number of rotatable bonds is 3. The molecule has 3 unspecified atom stereocenters. The number of phenols is 1. The van der Waals surface area contributed by atoms with E-state index in [9.17, 15) is 34.2 Å². The van der Waals surface area contributed by atoms with Crippen LogP contribution in [-0.4, -0.2) is 44.7 Å². The first kappa shape index (κ1) is 27.9. The van der Waals surface area contributed by atoms with Crippen molar-refractivity contribution in [2.75, 3.05) is 0 Å². The lowest BCUT2D eigenvalue weighted by atomic mass is 9.40. The monoisotopic (exact) mass is 520 g/mol. The zero-order valence-electron chi connectivity index (χ0n) is 23.1. The molecular formula is C31H36O7. The standard InChI is InChI=1S/C31H36O7/c1-15(2)9-8-10-18-11-12-20(33)22-19(18)13-29(6)14-30(7)23(16(3)4)25(34)21(17(5)32)27(36)31(30,38)28(37)24(29)26(22)35/h11-12,15-16,21,23-24,33,38H,9,13-14H2,1-7H3/t21?,23?,24?,29-,30-,31+/m1/s1. The summed E-state index contributed by atoms with van der Waals surface area (Å²) in [6.45, 7) is 12.0. The normalized spacial score (nSPS) is 34.4. The number of phenolic OH excluding ortho intramolecular Hbond substituents is 1. The Bertz CT molecular complexity index is 1340. The zero-order chi connectivity index (χ0) is 28.5. The van der Waals surface area contributed by atoms with Crippen LogP contribution in [0.3, 0.4) is 0 Å². The van der Waals surface area contributed by atoms with Gasteiger partial charge in [-0.2, -0.15) is 0 Å². The van der Waals surface area contributed by atoms with Gasteiger partial charge in [0.1, 0.15) is 17.5 Å². The molecule has 38 heavy (non-hydrogen) atoms. The minimum Gasteiger partial charge on any atom is -0.507 e. The molecular weight excluding hydrogens is 484 g/mol. The first-order valence-electron chi connectivity index (χ1n) is 13.3. The molecule has 7 heteroatoms. The van der Waals surface area contributed by atoms with E-state index >= 15 is 0 Å². The SMILES string of the molecule is CC(=O)C1C(=O)C(C(C)C)[C@@]2(C)C[C@@]3(C)Cc4c(C#CCC(C)C)ccc(O)c4C(=O)C3C(=O)[C@@]2(O)C1=O. The molecule has 2 fully saturated rings. The van der Waals surface area contributed by atoms with Crippen LogP contribution in [0.2, 0.25) is 0 Å². The number of aliphatic hydroxyl groups is 1. The quantitative estimate of drug-likeness (QED) is 0.462. The second-order valence-electron chi connectivity index (χ2n) is 12.7. The molecule has 0 aromatic heterocycles. The molecule has 0 spiro atoms. The van der Waals surface area contributed by atoms with E-state index in [0.717, 1.165) is 6.92 Å².